The van der Waals surface area contributed by atoms with Crippen LogP contribution >= 0.6 is 11.8 Å². The SMILES string of the molecule is CC[C@H]1SC[C@@H](O)[C@@H]1C. The van der Waals surface area contributed by atoms with Crippen molar-refractivity contribution < 1.29 is 5.11 Å². The summed E-state index contributed by atoms with van der Waals surface area (Å²) in [5.74, 6) is 1.46. The van der Waals surface area contributed by atoms with E-state index >= 15 is 0 Å². The van der Waals surface area contributed by atoms with Crippen LogP contribution in [-0.2, 0) is 0 Å². The lowest BCUT2D eigenvalue weighted by atomic mass is 10.0. The molecule has 2 heteroatoms. The topological polar surface area (TPSA) is 20.2 Å². The Morgan fingerprint density at radius 2 is 2.33 bits per heavy atom. The Balaban J connectivity index is 2.41. The quantitative estimate of drug-likeness (QED) is 0.605. The van der Waals surface area contributed by atoms with Gasteiger partial charge in [0.1, 0.15) is 0 Å². The highest BCUT2D eigenvalue weighted by Gasteiger charge is 2.30. The Morgan fingerprint density at radius 3 is 2.56 bits per heavy atom. The van der Waals surface area contributed by atoms with E-state index in [0.717, 1.165) is 5.75 Å². The van der Waals surface area contributed by atoms with E-state index in [1.54, 1.807) is 0 Å². The number of thioether (sulfide) groups is 1. The van der Waals surface area contributed by atoms with Crippen LogP contribution in [-0.4, -0.2) is 22.2 Å². The van der Waals surface area contributed by atoms with Gasteiger partial charge in [0.15, 0.2) is 0 Å². The zero-order valence-electron chi connectivity index (χ0n) is 6.00. The zero-order chi connectivity index (χ0) is 6.85. The fourth-order valence-corrected chi connectivity index (χ4v) is 2.73. The van der Waals surface area contributed by atoms with Crippen molar-refractivity contribution in [2.24, 2.45) is 5.92 Å². The van der Waals surface area contributed by atoms with E-state index in [-0.39, 0.29) is 6.10 Å². The third-order valence-electron chi connectivity index (χ3n) is 2.08. The van der Waals surface area contributed by atoms with Crippen molar-refractivity contribution in [3.8, 4) is 0 Å². The lowest BCUT2D eigenvalue weighted by Gasteiger charge is -2.12. The predicted octanol–water partition coefficient (Wildman–Crippen LogP) is 1.51. The van der Waals surface area contributed by atoms with Gasteiger partial charge in [-0.05, 0) is 12.3 Å². The highest BCUT2D eigenvalue weighted by atomic mass is 32.2. The molecule has 0 aliphatic carbocycles. The molecule has 1 heterocycles. The molecule has 0 radical (unpaired) electrons. The number of aliphatic hydroxyl groups excluding tert-OH is 1. The molecule has 1 saturated heterocycles. The first-order valence-electron chi connectivity index (χ1n) is 3.55. The summed E-state index contributed by atoms with van der Waals surface area (Å²) in [4.78, 5) is 0. The third-order valence-corrected chi connectivity index (χ3v) is 3.80. The van der Waals surface area contributed by atoms with E-state index in [0.29, 0.717) is 11.2 Å². The molecule has 0 spiro atoms. The lowest BCUT2D eigenvalue weighted by molar-refractivity contribution is 0.147. The average molecular weight is 146 g/mol. The van der Waals surface area contributed by atoms with Crippen molar-refractivity contribution in [1.82, 2.24) is 0 Å². The van der Waals surface area contributed by atoms with Crippen LogP contribution in [0, 0.1) is 5.92 Å². The molecule has 3 atom stereocenters. The minimum atomic E-state index is -0.0417. The van der Waals surface area contributed by atoms with E-state index in [1.165, 1.54) is 6.42 Å². The maximum atomic E-state index is 9.28. The molecule has 1 aliphatic heterocycles. The first-order chi connectivity index (χ1) is 4.25. The smallest absolute Gasteiger partial charge is 0.0666 e. The maximum Gasteiger partial charge on any atom is 0.0666 e. The van der Waals surface area contributed by atoms with E-state index in [4.69, 9.17) is 0 Å². The summed E-state index contributed by atoms with van der Waals surface area (Å²) in [6.07, 6.45) is 1.16. The van der Waals surface area contributed by atoms with E-state index in [1.807, 2.05) is 11.8 Å². The van der Waals surface area contributed by atoms with Gasteiger partial charge in [-0.3, -0.25) is 0 Å². The van der Waals surface area contributed by atoms with E-state index in [2.05, 4.69) is 13.8 Å². The largest absolute Gasteiger partial charge is 0.392 e. The highest BCUT2D eigenvalue weighted by Crippen LogP contribution is 2.33. The van der Waals surface area contributed by atoms with Crippen LogP contribution in [0.2, 0.25) is 0 Å². The lowest BCUT2D eigenvalue weighted by Crippen LogP contribution is -2.19. The Bertz CT molecular complexity index is 94.9. The van der Waals surface area contributed by atoms with Crippen molar-refractivity contribution in [3.05, 3.63) is 0 Å². The first kappa shape index (κ1) is 7.42. The molecule has 1 fully saturated rings. The average Bonchev–Trinajstić information content (AvgIpc) is 2.15. The zero-order valence-corrected chi connectivity index (χ0v) is 6.82. The molecule has 0 saturated carbocycles. The fourth-order valence-electron chi connectivity index (χ4n) is 1.26. The van der Waals surface area contributed by atoms with Crippen molar-refractivity contribution >= 4 is 11.8 Å². The van der Waals surface area contributed by atoms with Gasteiger partial charge in [-0.25, -0.2) is 0 Å². The molecular formula is C7H14OS. The van der Waals surface area contributed by atoms with Gasteiger partial charge in [-0.15, -0.1) is 0 Å². The molecule has 0 aromatic heterocycles. The standard InChI is InChI=1S/C7H14OS/c1-3-7-5(2)6(8)4-9-7/h5-8H,3-4H2,1-2H3/t5-,6+,7+/m0/s1. The minimum Gasteiger partial charge on any atom is -0.392 e. The van der Waals surface area contributed by atoms with Crippen molar-refractivity contribution in [2.45, 2.75) is 31.6 Å². The van der Waals surface area contributed by atoms with Gasteiger partial charge in [0.2, 0.25) is 0 Å². The fraction of sp³-hybridized carbons (Fsp3) is 1.00. The monoisotopic (exact) mass is 146 g/mol. The summed E-state index contributed by atoms with van der Waals surface area (Å²) < 4.78 is 0. The molecule has 9 heavy (non-hydrogen) atoms. The Morgan fingerprint density at radius 1 is 1.67 bits per heavy atom. The van der Waals surface area contributed by atoms with Gasteiger partial charge in [0.25, 0.3) is 0 Å². The van der Waals surface area contributed by atoms with Gasteiger partial charge in [0.05, 0.1) is 6.10 Å². The molecule has 1 rings (SSSR count). The first-order valence-corrected chi connectivity index (χ1v) is 4.60. The highest BCUT2D eigenvalue weighted by molar-refractivity contribution is 8.00. The van der Waals surface area contributed by atoms with Gasteiger partial charge in [-0.1, -0.05) is 13.8 Å². The second-order valence-electron chi connectivity index (χ2n) is 2.71. The summed E-state index contributed by atoms with van der Waals surface area (Å²) in [5.41, 5.74) is 0. The normalized spacial score (nSPS) is 43.7. The maximum absolute atomic E-state index is 9.28. The van der Waals surface area contributed by atoms with Crippen LogP contribution in [0.5, 0.6) is 0 Å². The summed E-state index contributed by atoms with van der Waals surface area (Å²) >= 11 is 1.91. The van der Waals surface area contributed by atoms with Crippen LogP contribution in [0.15, 0.2) is 0 Å². The van der Waals surface area contributed by atoms with Crippen LogP contribution in [0.1, 0.15) is 20.3 Å². The summed E-state index contributed by atoms with van der Waals surface area (Å²) in [6, 6.07) is 0. The summed E-state index contributed by atoms with van der Waals surface area (Å²) in [6.45, 7) is 4.32. The number of hydrogen-bond donors (Lipinski definition) is 1. The Hall–Kier alpha value is 0.310. The second kappa shape index (κ2) is 2.93. The summed E-state index contributed by atoms with van der Waals surface area (Å²) in [5, 5.41) is 9.99. The van der Waals surface area contributed by atoms with Crippen LogP contribution in [0.4, 0.5) is 0 Å². The summed E-state index contributed by atoms with van der Waals surface area (Å²) in [7, 11) is 0. The van der Waals surface area contributed by atoms with Crippen molar-refractivity contribution in [2.75, 3.05) is 5.75 Å². The molecule has 1 nitrogen and oxygen atoms in total. The molecule has 0 amide bonds. The second-order valence-corrected chi connectivity index (χ2v) is 3.98. The molecule has 0 aromatic carbocycles. The van der Waals surface area contributed by atoms with Crippen LogP contribution in [0.25, 0.3) is 0 Å². The van der Waals surface area contributed by atoms with E-state index in [9.17, 15) is 5.11 Å². The van der Waals surface area contributed by atoms with Gasteiger partial charge < -0.3 is 5.11 Å². The molecule has 1 aliphatic rings. The van der Waals surface area contributed by atoms with Gasteiger partial charge >= 0.3 is 0 Å². The number of aliphatic hydroxyl groups is 1. The van der Waals surface area contributed by atoms with Gasteiger partial charge in [-0.2, -0.15) is 11.8 Å². The molecule has 0 bridgehead atoms. The molecule has 0 aromatic rings. The number of hydrogen-bond acceptors (Lipinski definition) is 2. The van der Waals surface area contributed by atoms with Crippen LogP contribution in [0.3, 0.4) is 0 Å². The number of rotatable bonds is 1. The van der Waals surface area contributed by atoms with Crippen molar-refractivity contribution in [3.63, 3.8) is 0 Å². The van der Waals surface area contributed by atoms with E-state index < -0.39 is 0 Å². The Labute approximate surface area is 60.8 Å². The molecule has 54 valence electrons. The van der Waals surface area contributed by atoms with Gasteiger partial charge in [0, 0.05) is 11.0 Å². The predicted molar refractivity (Wildman–Crippen MR) is 41.7 cm³/mol. The third kappa shape index (κ3) is 1.41. The minimum absolute atomic E-state index is 0.0417. The molecule has 1 N–H and O–H groups in total. The molecule has 0 unspecified atom stereocenters. The Kier molecular flexibility index (Phi) is 2.42. The van der Waals surface area contributed by atoms with Crippen LogP contribution < -0.4 is 0 Å². The molecular weight excluding hydrogens is 132 g/mol. The van der Waals surface area contributed by atoms with Crippen molar-refractivity contribution in [1.29, 1.82) is 0 Å².